The third kappa shape index (κ3) is 8.14. The summed E-state index contributed by atoms with van der Waals surface area (Å²) in [7, 11) is 0. The number of hydrazone groups is 1. The molecule has 37 heavy (non-hydrogen) atoms. The molecular weight excluding hydrogens is 560 g/mol. The van der Waals surface area contributed by atoms with E-state index in [9.17, 15) is 9.59 Å². The highest BCUT2D eigenvalue weighted by molar-refractivity contribution is 6.43. The predicted octanol–water partition coefficient (Wildman–Crippen LogP) is 7.01. The van der Waals surface area contributed by atoms with E-state index in [0.717, 1.165) is 0 Å². The number of ether oxygens (including phenoxy) is 1. The van der Waals surface area contributed by atoms with Crippen molar-refractivity contribution in [3.63, 3.8) is 0 Å². The van der Waals surface area contributed by atoms with Gasteiger partial charge in [-0.1, -0.05) is 66.3 Å². The molecule has 0 saturated heterocycles. The number of nitrogens with zero attached hydrogens (tertiary/aromatic N) is 1. The van der Waals surface area contributed by atoms with Gasteiger partial charge in [0.25, 0.3) is 11.8 Å². The monoisotopic (exact) mass is 583 g/mol. The summed E-state index contributed by atoms with van der Waals surface area (Å²) in [6.07, 6.45) is 0.826. The minimum absolute atomic E-state index is 0.122. The molecule has 2 amide bonds. The van der Waals surface area contributed by atoms with Gasteiger partial charge in [-0.05, 0) is 61.7 Å². The molecule has 3 aromatic rings. The van der Waals surface area contributed by atoms with E-state index < -0.39 is 24.0 Å². The average Bonchev–Trinajstić information content (AvgIpc) is 3.30. The smallest absolute Gasteiger partial charge is 0.262 e. The number of halogens is 4. The van der Waals surface area contributed by atoms with E-state index in [4.69, 9.17) is 55.6 Å². The lowest BCUT2D eigenvalue weighted by molar-refractivity contribution is -0.132. The van der Waals surface area contributed by atoms with Gasteiger partial charge in [-0.15, -0.1) is 0 Å². The molecule has 7 nitrogen and oxygen atoms in total. The quantitative estimate of drug-likeness (QED) is 0.198. The first-order valence-corrected chi connectivity index (χ1v) is 12.9. The van der Waals surface area contributed by atoms with E-state index in [1.807, 2.05) is 13.8 Å². The predicted molar refractivity (Wildman–Crippen MR) is 148 cm³/mol. The van der Waals surface area contributed by atoms with Crippen LogP contribution in [0.5, 0.6) is 5.75 Å². The summed E-state index contributed by atoms with van der Waals surface area (Å²) in [4.78, 5) is 25.6. The lowest BCUT2D eigenvalue weighted by atomic mass is 10.0. The van der Waals surface area contributed by atoms with Crippen molar-refractivity contribution < 1.29 is 18.7 Å². The van der Waals surface area contributed by atoms with Crippen molar-refractivity contribution in [2.24, 2.45) is 11.0 Å². The van der Waals surface area contributed by atoms with Gasteiger partial charge in [0.15, 0.2) is 6.10 Å². The van der Waals surface area contributed by atoms with Crippen LogP contribution in [-0.4, -0.2) is 30.2 Å². The Balaban J connectivity index is 1.62. The molecule has 2 N–H and O–H groups in total. The molecule has 0 saturated carbocycles. The topological polar surface area (TPSA) is 92.9 Å². The van der Waals surface area contributed by atoms with Crippen LogP contribution in [0.15, 0.2) is 58.0 Å². The van der Waals surface area contributed by atoms with E-state index in [0.29, 0.717) is 44.3 Å². The van der Waals surface area contributed by atoms with Crippen LogP contribution in [0.3, 0.4) is 0 Å². The zero-order chi connectivity index (χ0) is 27.1. The van der Waals surface area contributed by atoms with Crippen LogP contribution >= 0.6 is 46.4 Å². The molecule has 0 unspecified atom stereocenters. The SMILES string of the molecule is CC(C)C[C@@H](NC(=O)[C@@H](C)Oc1ccc(Cl)cc1Cl)C(=O)N/N=C\c1ccc(-c2cccc(Cl)c2Cl)o1. The van der Waals surface area contributed by atoms with Gasteiger partial charge in [-0.3, -0.25) is 9.59 Å². The second kappa shape index (κ2) is 13.2. The number of carbonyl (C=O) groups excluding carboxylic acids is 2. The van der Waals surface area contributed by atoms with E-state index in [-0.39, 0.29) is 10.9 Å². The number of nitrogens with one attached hydrogen (secondary N) is 2. The average molecular weight is 585 g/mol. The second-order valence-electron chi connectivity index (χ2n) is 8.56. The van der Waals surface area contributed by atoms with Crippen LogP contribution in [0, 0.1) is 5.92 Å². The first-order valence-electron chi connectivity index (χ1n) is 11.3. The molecule has 11 heteroatoms. The van der Waals surface area contributed by atoms with Crippen molar-refractivity contribution in [3.05, 3.63) is 74.4 Å². The van der Waals surface area contributed by atoms with Gasteiger partial charge in [0.2, 0.25) is 0 Å². The fourth-order valence-corrected chi connectivity index (χ4v) is 4.15. The molecule has 2 atom stereocenters. The minimum atomic E-state index is -0.913. The zero-order valence-electron chi connectivity index (χ0n) is 20.2. The second-order valence-corrected chi connectivity index (χ2v) is 10.2. The number of rotatable bonds is 10. The van der Waals surface area contributed by atoms with E-state index in [1.165, 1.54) is 12.3 Å². The maximum atomic E-state index is 12.8. The Morgan fingerprint density at radius 1 is 1.00 bits per heavy atom. The third-order valence-electron chi connectivity index (χ3n) is 5.12. The summed E-state index contributed by atoms with van der Waals surface area (Å²) in [6.45, 7) is 5.44. The van der Waals surface area contributed by atoms with Crippen LogP contribution in [0.1, 0.15) is 33.0 Å². The first kappa shape index (κ1) is 28.9. The highest BCUT2D eigenvalue weighted by Gasteiger charge is 2.25. The number of hydrogen-bond donors (Lipinski definition) is 2. The maximum absolute atomic E-state index is 12.8. The standard InChI is InChI=1S/C26H25Cl4N3O4/c1-14(2)11-21(32-25(34)15(3)36-23-9-7-16(27)12-20(23)29)26(35)33-31-13-17-8-10-22(37-17)18-5-4-6-19(28)24(18)30/h4-10,12-15,21H,11H2,1-3H3,(H,32,34)(H,33,35)/b31-13-/t15-,21-/m1/s1. The molecule has 0 fully saturated rings. The van der Waals surface area contributed by atoms with Gasteiger partial charge >= 0.3 is 0 Å². The van der Waals surface area contributed by atoms with E-state index >= 15 is 0 Å². The minimum Gasteiger partial charge on any atom is -0.479 e. The summed E-state index contributed by atoms with van der Waals surface area (Å²) < 4.78 is 11.4. The van der Waals surface area contributed by atoms with Crippen LogP contribution < -0.4 is 15.5 Å². The lowest BCUT2D eigenvalue weighted by Crippen LogP contribution is -2.49. The molecule has 196 valence electrons. The zero-order valence-corrected chi connectivity index (χ0v) is 23.3. The van der Waals surface area contributed by atoms with Crippen molar-refractivity contribution in [2.75, 3.05) is 0 Å². The van der Waals surface area contributed by atoms with Crippen LogP contribution in [0.4, 0.5) is 0 Å². The molecular formula is C26H25Cl4N3O4. The highest BCUT2D eigenvalue weighted by Crippen LogP contribution is 2.34. The first-order chi connectivity index (χ1) is 17.5. The van der Waals surface area contributed by atoms with Crippen molar-refractivity contribution in [2.45, 2.75) is 39.3 Å². The molecule has 0 aliphatic carbocycles. The van der Waals surface area contributed by atoms with E-state index in [2.05, 4.69) is 15.8 Å². The molecule has 0 bridgehead atoms. The fraction of sp³-hybridized carbons (Fsp3) is 0.269. The van der Waals surface area contributed by atoms with E-state index in [1.54, 1.807) is 49.4 Å². The Morgan fingerprint density at radius 2 is 1.76 bits per heavy atom. The van der Waals surface area contributed by atoms with Crippen molar-refractivity contribution >= 4 is 64.4 Å². The van der Waals surface area contributed by atoms with Crippen molar-refractivity contribution in [1.29, 1.82) is 0 Å². The number of amides is 2. The molecule has 2 aromatic carbocycles. The summed E-state index contributed by atoms with van der Waals surface area (Å²) >= 11 is 24.3. The number of carbonyl (C=O) groups is 2. The fourth-order valence-electron chi connectivity index (χ4n) is 3.31. The molecule has 1 heterocycles. The Morgan fingerprint density at radius 3 is 2.46 bits per heavy atom. The lowest BCUT2D eigenvalue weighted by Gasteiger charge is -2.22. The largest absolute Gasteiger partial charge is 0.479 e. The maximum Gasteiger partial charge on any atom is 0.262 e. The van der Waals surface area contributed by atoms with Crippen LogP contribution in [-0.2, 0) is 9.59 Å². The van der Waals surface area contributed by atoms with Crippen molar-refractivity contribution in [3.8, 4) is 17.1 Å². The summed E-state index contributed by atoms with van der Waals surface area (Å²) in [5.74, 6) is 0.347. The highest BCUT2D eigenvalue weighted by atomic mass is 35.5. The summed E-state index contributed by atoms with van der Waals surface area (Å²) in [5, 5.41) is 8.19. The summed E-state index contributed by atoms with van der Waals surface area (Å²) in [6, 6.07) is 12.5. The summed E-state index contributed by atoms with van der Waals surface area (Å²) in [5.41, 5.74) is 3.08. The molecule has 0 radical (unpaired) electrons. The van der Waals surface area contributed by atoms with Gasteiger partial charge in [-0.25, -0.2) is 5.43 Å². The van der Waals surface area contributed by atoms with Gasteiger partial charge in [0.1, 0.15) is 23.3 Å². The number of hydrogen-bond acceptors (Lipinski definition) is 5. The van der Waals surface area contributed by atoms with Gasteiger partial charge in [-0.2, -0.15) is 5.10 Å². The molecule has 0 spiro atoms. The Bertz CT molecular complexity index is 1290. The third-order valence-corrected chi connectivity index (χ3v) is 6.47. The van der Waals surface area contributed by atoms with Crippen LogP contribution in [0.2, 0.25) is 20.1 Å². The molecule has 3 rings (SSSR count). The number of furan rings is 1. The molecule has 0 aliphatic rings. The van der Waals surface area contributed by atoms with Gasteiger partial charge in [0, 0.05) is 10.6 Å². The molecule has 0 aliphatic heterocycles. The van der Waals surface area contributed by atoms with Crippen LogP contribution in [0.25, 0.3) is 11.3 Å². The molecule has 1 aromatic heterocycles. The van der Waals surface area contributed by atoms with Gasteiger partial charge in [0.05, 0.1) is 21.3 Å². The Kier molecular flexibility index (Phi) is 10.3. The van der Waals surface area contributed by atoms with Gasteiger partial charge < -0.3 is 14.5 Å². The van der Waals surface area contributed by atoms with Crippen molar-refractivity contribution in [1.82, 2.24) is 10.7 Å². The Labute approximate surface area is 235 Å². The number of benzene rings is 2. The normalized spacial score (nSPS) is 13.0. The Hall–Kier alpha value is -2.71.